The van der Waals surface area contributed by atoms with Gasteiger partial charge in [-0.2, -0.15) is 0 Å². The topological polar surface area (TPSA) is 21.8 Å². The van der Waals surface area contributed by atoms with Gasteiger partial charge in [-0.1, -0.05) is 39.1 Å². The normalized spacial score (nSPS) is 27.4. The predicted octanol–water partition coefficient (Wildman–Crippen LogP) is 4.07. The number of allylic oxidation sites excluding steroid dienone is 1. The Hall–Kier alpha value is -2.10. The van der Waals surface area contributed by atoms with E-state index in [0.29, 0.717) is 11.5 Å². The molecule has 4 fully saturated rings. The highest BCUT2D eigenvalue weighted by Crippen LogP contribution is 2.44. The summed E-state index contributed by atoms with van der Waals surface area (Å²) in [5.74, 6) is 2.78. The van der Waals surface area contributed by atoms with Crippen LogP contribution in [-0.2, 0) is 6.42 Å². The van der Waals surface area contributed by atoms with Crippen molar-refractivity contribution in [1.82, 2.24) is 15.1 Å². The summed E-state index contributed by atoms with van der Waals surface area (Å²) in [4.78, 5) is 7.58. The zero-order chi connectivity index (χ0) is 20.9. The lowest BCUT2D eigenvalue weighted by atomic mass is 9.72. The molecule has 5 rings (SSSR count). The number of hydrogen-bond donors (Lipinski definition) is 1. The maximum Gasteiger partial charge on any atom is 0.0966 e. The summed E-state index contributed by atoms with van der Waals surface area (Å²) in [6.07, 6.45) is 4.90. The Morgan fingerprint density at radius 2 is 1.83 bits per heavy atom. The molecule has 4 heteroatoms. The smallest absolute Gasteiger partial charge is 0.0966 e. The van der Waals surface area contributed by atoms with E-state index in [1.54, 1.807) is 0 Å². The maximum absolute atomic E-state index is 4.48. The molecule has 2 unspecified atom stereocenters. The van der Waals surface area contributed by atoms with E-state index < -0.39 is 0 Å². The number of benzene rings is 1. The number of nitrogens with one attached hydrogen (secondary N) is 1. The van der Waals surface area contributed by atoms with Gasteiger partial charge in [-0.3, -0.25) is 0 Å². The fraction of sp³-hybridized carbons (Fsp3) is 0.615. The van der Waals surface area contributed by atoms with Crippen molar-refractivity contribution in [2.45, 2.75) is 45.6 Å². The molecule has 1 N–H and O–H groups in total. The van der Waals surface area contributed by atoms with Gasteiger partial charge in [0.25, 0.3) is 0 Å². The van der Waals surface area contributed by atoms with Crippen LogP contribution in [0.5, 0.6) is 0 Å². The molecule has 1 spiro atoms. The van der Waals surface area contributed by atoms with Gasteiger partial charge < -0.3 is 20.0 Å². The van der Waals surface area contributed by atoms with Gasteiger partial charge in [-0.15, -0.1) is 0 Å². The molecule has 1 aromatic carbocycles. The van der Waals surface area contributed by atoms with Crippen molar-refractivity contribution in [2.75, 3.05) is 44.2 Å². The zero-order valence-corrected chi connectivity index (χ0v) is 18.9. The molecule has 4 aliphatic heterocycles. The first-order valence-corrected chi connectivity index (χ1v) is 11.9. The number of rotatable bonds is 5. The van der Waals surface area contributed by atoms with Gasteiger partial charge in [0.2, 0.25) is 0 Å². The molecule has 4 aliphatic rings. The van der Waals surface area contributed by atoms with Crippen molar-refractivity contribution in [2.24, 2.45) is 17.3 Å². The number of anilines is 1. The number of fused-ring (bicyclic) bond motifs is 1. The van der Waals surface area contributed by atoms with Gasteiger partial charge in [0.15, 0.2) is 0 Å². The highest BCUT2D eigenvalue weighted by molar-refractivity contribution is 5.51. The van der Waals surface area contributed by atoms with Gasteiger partial charge in [-0.25, -0.2) is 0 Å². The molecule has 0 aliphatic carbocycles. The molecule has 0 radical (unpaired) electrons. The summed E-state index contributed by atoms with van der Waals surface area (Å²) in [6.45, 7) is 20.2. The molecule has 0 saturated carbocycles. The third-order valence-corrected chi connectivity index (χ3v) is 7.74. The maximum atomic E-state index is 4.48. The number of likely N-dealkylation sites (tertiary alicyclic amines) is 2. The van der Waals surface area contributed by atoms with Gasteiger partial charge in [0.1, 0.15) is 0 Å². The van der Waals surface area contributed by atoms with Crippen LogP contribution in [0.3, 0.4) is 0 Å². The molecule has 4 heterocycles. The summed E-state index contributed by atoms with van der Waals surface area (Å²) in [5.41, 5.74) is 4.54. The largest absolute Gasteiger partial charge is 0.384 e. The summed E-state index contributed by atoms with van der Waals surface area (Å²) in [7, 11) is 0. The van der Waals surface area contributed by atoms with Crippen LogP contribution in [-0.4, -0.2) is 55.1 Å². The number of hydrogen-bond acceptors (Lipinski definition) is 4. The summed E-state index contributed by atoms with van der Waals surface area (Å²) in [5, 5.41) is 3.65. The van der Waals surface area contributed by atoms with Crippen LogP contribution < -0.4 is 10.2 Å². The monoisotopic (exact) mass is 406 g/mol. The quantitative estimate of drug-likeness (QED) is 0.796. The molecular formula is C26H38N4. The molecule has 162 valence electrons. The van der Waals surface area contributed by atoms with Gasteiger partial charge in [0, 0.05) is 62.1 Å². The second-order valence-corrected chi connectivity index (χ2v) is 10.8. The minimum Gasteiger partial charge on any atom is -0.384 e. The Labute approximate surface area is 182 Å². The Bertz CT molecular complexity index is 797. The first-order valence-electron chi connectivity index (χ1n) is 11.9. The van der Waals surface area contributed by atoms with Crippen molar-refractivity contribution in [3.05, 3.63) is 54.5 Å². The van der Waals surface area contributed by atoms with Gasteiger partial charge in [-0.05, 0) is 55.2 Å². The molecular weight excluding hydrogens is 368 g/mol. The van der Waals surface area contributed by atoms with Crippen LogP contribution in [0, 0.1) is 17.3 Å². The first-order chi connectivity index (χ1) is 14.4. The Balaban J connectivity index is 1.10. The molecule has 4 nitrogen and oxygen atoms in total. The Morgan fingerprint density at radius 1 is 1.10 bits per heavy atom. The minimum absolute atomic E-state index is 0.481. The van der Waals surface area contributed by atoms with Crippen LogP contribution >= 0.6 is 0 Å². The molecule has 0 bridgehead atoms. The summed E-state index contributed by atoms with van der Waals surface area (Å²) >= 11 is 0. The fourth-order valence-corrected chi connectivity index (χ4v) is 6.04. The van der Waals surface area contributed by atoms with E-state index in [1.807, 2.05) is 0 Å². The molecule has 4 saturated heterocycles. The number of nitrogens with zero attached hydrogens (tertiary/aromatic N) is 3. The van der Waals surface area contributed by atoms with E-state index in [2.05, 4.69) is 71.3 Å². The van der Waals surface area contributed by atoms with E-state index in [1.165, 1.54) is 68.2 Å². The minimum atomic E-state index is 0.481. The van der Waals surface area contributed by atoms with Crippen molar-refractivity contribution in [3.8, 4) is 0 Å². The lowest BCUT2D eigenvalue weighted by molar-refractivity contribution is -0.0241. The third kappa shape index (κ3) is 3.70. The van der Waals surface area contributed by atoms with Crippen LogP contribution in [0.2, 0.25) is 0 Å². The third-order valence-electron chi connectivity index (χ3n) is 7.74. The molecule has 2 atom stereocenters. The molecule has 0 amide bonds. The van der Waals surface area contributed by atoms with Crippen molar-refractivity contribution in [3.63, 3.8) is 0 Å². The fourth-order valence-electron chi connectivity index (χ4n) is 6.04. The average molecular weight is 407 g/mol. The Morgan fingerprint density at radius 3 is 2.53 bits per heavy atom. The SMILES string of the molecule is C=C1CCC2CCN(C(=C)N3CC4(C3)CN(c3ccc(CC(C)C)cc3)C4)CC2N1. The van der Waals surface area contributed by atoms with Gasteiger partial charge >= 0.3 is 0 Å². The van der Waals surface area contributed by atoms with E-state index in [0.717, 1.165) is 31.3 Å². The predicted molar refractivity (Wildman–Crippen MR) is 125 cm³/mol. The van der Waals surface area contributed by atoms with E-state index in [4.69, 9.17) is 0 Å². The Kier molecular flexibility index (Phi) is 4.99. The van der Waals surface area contributed by atoms with E-state index in [9.17, 15) is 0 Å². The first kappa shape index (κ1) is 19.8. The van der Waals surface area contributed by atoms with E-state index in [-0.39, 0.29) is 0 Å². The van der Waals surface area contributed by atoms with Crippen LogP contribution in [0.25, 0.3) is 0 Å². The summed E-state index contributed by atoms with van der Waals surface area (Å²) in [6, 6.07) is 9.81. The molecule has 1 aromatic rings. The average Bonchev–Trinajstić information content (AvgIpc) is 2.65. The van der Waals surface area contributed by atoms with Crippen molar-refractivity contribution < 1.29 is 0 Å². The highest BCUT2D eigenvalue weighted by atomic mass is 15.4. The zero-order valence-electron chi connectivity index (χ0n) is 18.9. The van der Waals surface area contributed by atoms with Crippen LogP contribution in [0.15, 0.2) is 48.9 Å². The van der Waals surface area contributed by atoms with Gasteiger partial charge in [0.05, 0.1) is 5.82 Å². The van der Waals surface area contributed by atoms with Crippen LogP contribution in [0.1, 0.15) is 38.7 Å². The van der Waals surface area contributed by atoms with Crippen molar-refractivity contribution in [1.29, 1.82) is 0 Å². The molecule has 0 aromatic heterocycles. The standard InChI is InChI=1S/C26H38N4/c1-19(2)13-22-6-9-24(10-7-22)30-17-26(18-30)15-29(16-26)21(4)28-12-11-23-8-5-20(3)27-25(23)14-28/h6-7,9-10,19,23,25,27H,3-5,8,11-18H2,1-2H3. The van der Waals surface area contributed by atoms with E-state index >= 15 is 0 Å². The number of piperidine rings is 2. The summed E-state index contributed by atoms with van der Waals surface area (Å²) < 4.78 is 0. The van der Waals surface area contributed by atoms with Crippen molar-refractivity contribution >= 4 is 5.69 Å². The second kappa shape index (κ2) is 7.55. The van der Waals surface area contributed by atoms with Crippen LogP contribution in [0.4, 0.5) is 5.69 Å². The lowest BCUT2D eigenvalue weighted by Gasteiger charge is -2.63. The molecule has 30 heavy (non-hydrogen) atoms. The highest BCUT2D eigenvalue weighted by Gasteiger charge is 2.52. The second-order valence-electron chi connectivity index (χ2n) is 10.8. The lowest BCUT2D eigenvalue weighted by Crippen LogP contribution is -2.72.